The maximum absolute atomic E-state index is 9.97. The van der Waals surface area contributed by atoms with E-state index in [-0.39, 0.29) is 0 Å². The fourth-order valence-corrected chi connectivity index (χ4v) is 1.59. The number of β-amino-alcohol motifs (C(OH)–C–C–N with tert-alkyl or cyclic N) is 1. The minimum atomic E-state index is -0.410. The van der Waals surface area contributed by atoms with Gasteiger partial charge in [0.1, 0.15) is 0 Å². The molecular weight excluding hydrogens is 164 g/mol. The molecule has 1 aliphatic heterocycles. The number of likely N-dealkylation sites (tertiary alicyclic amines) is 1. The SMILES string of the molecule is CC(C)C1(O)CN(CCN(C)C)C1. The first kappa shape index (κ1) is 11.0. The van der Waals surface area contributed by atoms with E-state index in [1.807, 2.05) is 0 Å². The van der Waals surface area contributed by atoms with Gasteiger partial charge < -0.3 is 10.0 Å². The fraction of sp³-hybridized carbons (Fsp3) is 1.00. The van der Waals surface area contributed by atoms with Crippen molar-refractivity contribution >= 4 is 0 Å². The third-order valence-corrected chi connectivity index (χ3v) is 2.93. The van der Waals surface area contributed by atoms with Gasteiger partial charge in [0.2, 0.25) is 0 Å². The Balaban J connectivity index is 2.18. The maximum Gasteiger partial charge on any atom is 0.0922 e. The van der Waals surface area contributed by atoms with Crippen LogP contribution in [0.2, 0.25) is 0 Å². The van der Waals surface area contributed by atoms with E-state index in [9.17, 15) is 5.11 Å². The molecule has 0 spiro atoms. The zero-order chi connectivity index (χ0) is 10.1. The molecule has 0 aromatic carbocycles. The van der Waals surface area contributed by atoms with E-state index < -0.39 is 5.60 Å². The quantitative estimate of drug-likeness (QED) is 0.682. The summed E-state index contributed by atoms with van der Waals surface area (Å²) in [4.78, 5) is 4.48. The van der Waals surface area contributed by atoms with Gasteiger partial charge in [-0.3, -0.25) is 4.90 Å². The van der Waals surface area contributed by atoms with Crippen molar-refractivity contribution in [3.63, 3.8) is 0 Å². The summed E-state index contributed by atoms with van der Waals surface area (Å²) in [5.74, 6) is 0.378. The topological polar surface area (TPSA) is 26.7 Å². The van der Waals surface area contributed by atoms with Crippen LogP contribution in [0.25, 0.3) is 0 Å². The minimum absolute atomic E-state index is 0.378. The third kappa shape index (κ3) is 2.66. The molecule has 0 aromatic rings. The van der Waals surface area contributed by atoms with Gasteiger partial charge in [-0.15, -0.1) is 0 Å². The van der Waals surface area contributed by atoms with Gasteiger partial charge in [0.15, 0.2) is 0 Å². The lowest BCUT2D eigenvalue weighted by Gasteiger charge is -2.49. The van der Waals surface area contributed by atoms with Crippen molar-refractivity contribution in [3.05, 3.63) is 0 Å². The first-order chi connectivity index (χ1) is 5.94. The number of hydrogen-bond donors (Lipinski definition) is 1. The van der Waals surface area contributed by atoms with Gasteiger partial charge in [-0.25, -0.2) is 0 Å². The average Bonchev–Trinajstić information content (AvgIpc) is 1.95. The summed E-state index contributed by atoms with van der Waals surface area (Å²) >= 11 is 0. The van der Waals surface area contributed by atoms with E-state index in [1.165, 1.54) is 0 Å². The van der Waals surface area contributed by atoms with Crippen molar-refractivity contribution in [1.29, 1.82) is 0 Å². The van der Waals surface area contributed by atoms with Crippen molar-refractivity contribution in [3.8, 4) is 0 Å². The van der Waals surface area contributed by atoms with Crippen molar-refractivity contribution in [2.45, 2.75) is 19.4 Å². The monoisotopic (exact) mass is 186 g/mol. The highest BCUT2D eigenvalue weighted by Crippen LogP contribution is 2.27. The minimum Gasteiger partial charge on any atom is -0.387 e. The Hall–Kier alpha value is -0.120. The lowest BCUT2D eigenvalue weighted by molar-refractivity contribution is -0.128. The van der Waals surface area contributed by atoms with Crippen LogP contribution in [0, 0.1) is 5.92 Å². The van der Waals surface area contributed by atoms with Crippen LogP contribution in [0.4, 0.5) is 0 Å². The molecule has 78 valence electrons. The number of rotatable bonds is 4. The average molecular weight is 186 g/mol. The molecule has 0 bridgehead atoms. The smallest absolute Gasteiger partial charge is 0.0922 e. The molecule has 1 heterocycles. The number of aliphatic hydroxyl groups is 1. The molecule has 1 rings (SSSR count). The van der Waals surface area contributed by atoms with Gasteiger partial charge in [0, 0.05) is 26.2 Å². The molecule has 1 saturated heterocycles. The van der Waals surface area contributed by atoms with Crippen LogP contribution in [0.1, 0.15) is 13.8 Å². The van der Waals surface area contributed by atoms with Crippen molar-refractivity contribution in [1.82, 2.24) is 9.80 Å². The molecule has 1 fully saturated rings. The third-order valence-electron chi connectivity index (χ3n) is 2.93. The van der Waals surface area contributed by atoms with Crippen LogP contribution in [0.5, 0.6) is 0 Å². The van der Waals surface area contributed by atoms with Crippen LogP contribution in [0.3, 0.4) is 0 Å². The summed E-state index contributed by atoms with van der Waals surface area (Å²) in [5, 5.41) is 9.97. The Labute approximate surface area is 81.3 Å². The second kappa shape index (κ2) is 3.95. The van der Waals surface area contributed by atoms with Gasteiger partial charge in [0.25, 0.3) is 0 Å². The zero-order valence-corrected chi connectivity index (χ0v) is 9.25. The van der Waals surface area contributed by atoms with Crippen LogP contribution < -0.4 is 0 Å². The Morgan fingerprint density at radius 1 is 1.38 bits per heavy atom. The summed E-state index contributed by atoms with van der Waals surface area (Å²) in [7, 11) is 4.16. The second-order valence-corrected chi connectivity index (χ2v) is 4.77. The lowest BCUT2D eigenvalue weighted by atomic mass is 9.83. The summed E-state index contributed by atoms with van der Waals surface area (Å²) in [6.07, 6.45) is 0. The molecule has 3 heteroatoms. The van der Waals surface area contributed by atoms with Crippen LogP contribution >= 0.6 is 0 Å². The summed E-state index contributed by atoms with van der Waals surface area (Å²) < 4.78 is 0. The first-order valence-electron chi connectivity index (χ1n) is 5.03. The molecule has 0 saturated carbocycles. The molecule has 0 aliphatic carbocycles. The molecule has 0 aromatic heterocycles. The second-order valence-electron chi connectivity index (χ2n) is 4.77. The van der Waals surface area contributed by atoms with Gasteiger partial charge in [-0.05, 0) is 20.0 Å². The standard InChI is InChI=1S/C10H22N2O/c1-9(2)10(13)7-12(8-10)6-5-11(3)4/h9,13H,5-8H2,1-4H3. The van der Waals surface area contributed by atoms with E-state index in [0.29, 0.717) is 5.92 Å². The fourth-order valence-electron chi connectivity index (χ4n) is 1.59. The molecule has 1 N–H and O–H groups in total. The van der Waals surface area contributed by atoms with Crippen molar-refractivity contribution in [2.75, 3.05) is 40.3 Å². The predicted molar refractivity (Wildman–Crippen MR) is 54.8 cm³/mol. The molecule has 0 amide bonds. The Morgan fingerprint density at radius 2 is 1.92 bits per heavy atom. The van der Waals surface area contributed by atoms with Gasteiger partial charge >= 0.3 is 0 Å². The van der Waals surface area contributed by atoms with Crippen molar-refractivity contribution in [2.24, 2.45) is 5.92 Å². The highest BCUT2D eigenvalue weighted by molar-refractivity contribution is 4.97. The highest BCUT2D eigenvalue weighted by atomic mass is 16.3. The Bertz CT molecular complexity index is 162. The Morgan fingerprint density at radius 3 is 2.31 bits per heavy atom. The van der Waals surface area contributed by atoms with Crippen LogP contribution in [-0.4, -0.2) is 60.8 Å². The molecule has 3 nitrogen and oxygen atoms in total. The maximum atomic E-state index is 9.97. The van der Waals surface area contributed by atoms with Crippen molar-refractivity contribution < 1.29 is 5.11 Å². The number of nitrogens with zero attached hydrogens (tertiary/aromatic N) is 2. The molecule has 0 atom stereocenters. The van der Waals surface area contributed by atoms with Crippen LogP contribution in [0.15, 0.2) is 0 Å². The van der Waals surface area contributed by atoms with E-state index in [2.05, 4.69) is 37.7 Å². The Kier molecular flexibility index (Phi) is 3.33. The summed E-state index contributed by atoms with van der Waals surface area (Å²) in [6, 6.07) is 0. The largest absolute Gasteiger partial charge is 0.387 e. The highest BCUT2D eigenvalue weighted by Gasteiger charge is 2.42. The van der Waals surface area contributed by atoms with Gasteiger partial charge in [-0.2, -0.15) is 0 Å². The normalized spacial score (nSPS) is 22.4. The van der Waals surface area contributed by atoms with Gasteiger partial charge in [0.05, 0.1) is 5.60 Å². The predicted octanol–water partition coefficient (Wildman–Crippen LogP) is 0.251. The van der Waals surface area contributed by atoms with Gasteiger partial charge in [-0.1, -0.05) is 13.8 Å². The summed E-state index contributed by atoms with van der Waals surface area (Å²) in [6.45, 7) is 8.01. The first-order valence-corrected chi connectivity index (χ1v) is 5.03. The molecule has 13 heavy (non-hydrogen) atoms. The summed E-state index contributed by atoms with van der Waals surface area (Å²) in [5.41, 5.74) is -0.410. The van der Waals surface area contributed by atoms with Crippen LogP contribution in [-0.2, 0) is 0 Å². The molecule has 0 unspecified atom stereocenters. The number of likely N-dealkylation sites (N-methyl/N-ethyl adjacent to an activating group) is 1. The van der Waals surface area contributed by atoms with E-state index >= 15 is 0 Å². The molecule has 0 radical (unpaired) electrons. The zero-order valence-electron chi connectivity index (χ0n) is 9.25. The molecule has 1 aliphatic rings. The van der Waals surface area contributed by atoms with E-state index in [1.54, 1.807) is 0 Å². The number of hydrogen-bond acceptors (Lipinski definition) is 3. The van der Waals surface area contributed by atoms with E-state index in [0.717, 1.165) is 26.2 Å². The lowest BCUT2D eigenvalue weighted by Crippen LogP contribution is -2.65. The molecular formula is C10H22N2O. The van der Waals surface area contributed by atoms with E-state index in [4.69, 9.17) is 0 Å².